The van der Waals surface area contributed by atoms with Gasteiger partial charge in [-0.1, -0.05) is 0 Å². The number of carbonyl (C=O) groups excluding carboxylic acids is 1. The Morgan fingerprint density at radius 2 is 2.15 bits per heavy atom. The second kappa shape index (κ2) is 7.21. The number of nitrogens with one attached hydrogen (secondary N) is 1. The number of aromatic hydroxyl groups is 1. The molecule has 0 aliphatic carbocycles. The highest BCUT2D eigenvalue weighted by Crippen LogP contribution is 2.11. The van der Waals surface area contributed by atoms with Crippen LogP contribution >= 0.6 is 0 Å². The second-order valence-corrected chi connectivity index (χ2v) is 5.13. The summed E-state index contributed by atoms with van der Waals surface area (Å²) in [6.45, 7) is 5.97. The highest BCUT2D eigenvalue weighted by Gasteiger charge is 2.14. The summed E-state index contributed by atoms with van der Waals surface area (Å²) in [4.78, 5) is 20.4. The lowest BCUT2D eigenvalue weighted by Crippen LogP contribution is -2.45. The second-order valence-electron chi connectivity index (χ2n) is 5.13. The van der Waals surface area contributed by atoms with Gasteiger partial charge in [-0.25, -0.2) is 4.98 Å². The minimum Gasteiger partial charge on any atom is -0.505 e. The fourth-order valence-corrected chi connectivity index (χ4v) is 2.23. The van der Waals surface area contributed by atoms with Gasteiger partial charge < -0.3 is 20.2 Å². The number of likely N-dealkylation sites (N-methyl/N-ethyl adjacent to an activating group) is 1. The van der Waals surface area contributed by atoms with Gasteiger partial charge >= 0.3 is 0 Å². The van der Waals surface area contributed by atoms with Gasteiger partial charge in [-0.15, -0.1) is 0 Å². The van der Waals surface area contributed by atoms with E-state index in [9.17, 15) is 9.90 Å². The number of amides is 1. The first-order chi connectivity index (χ1) is 9.66. The highest BCUT2D eigenvalue weighted by atomic mass is 16.3. The van der Waals surface area contributed by atoms with Crippen LogP contribution in [0, 0.1) is 0 Å². The van der Waals surface area contributed by atoms with Gasteiger partial charge in [-0.2, -0.15) is 0 Å². The maximum atomic E-state index is 11.8. The molecule has 1 amide bonds. The maximum Gasteiger partial charge on any atom is 0.273 e. The summed E-state index contributed by atoms with van der Waals surface area (Å²) in [6, 6.07) is 3.06. The van der Waals surface area contributed by atoms with E-state index in [1.54, 1.807) is 6.07 Å². The van der Waals surface area contributed by atoms with E-state index in [1.807, 2.05) is 0 Å². The monoisotopic (exact) mass is 278 g/mol. The lowest BCUT2D eigenvalue weighted by atomic mass is 10.3. The van der Waals surface area contributed by atoms with Gasteiger partial charge in [0.25, 0.3) is 5.91 Å². The van der Waals surface area contributed by atoms with Gasteiger partial charge in [0.2, 0.25) is 0 Å². The van der Waals surface area contributed by atoms with Crippen LogP contribution in [0.3, 0.4) is 0 Å². The molecule has 2 rings (SSSR count). The standard InChI is InChI=1S/C14H22N4O2/c1-17-8-10-18(11-9-17)7-3-6-16-14(20)13-12(19)4-2-5-15-13/h2,4-5,19H,3,6-11H2,1H3,(H,16,20). The van der Waals surface area contributed by atoms with Crippen LogP contribution in [-0.4, -0.2) is 72.1 Å². The van der Waals surface area contributed by atoms with Crippen LogP contribution < -0.4 is 5.32 Å². The molecule has 110 valence electrons. The molecule has 1 fully saturated rings. The normalized spacial score (nSPS) is 17.1. The Kier molecular flexibility index (Phi) is 5.31. The summed E-state index contributed by atoms with van der Waals surface area (Å²) >= 11 is 0. The summed E-state index contributed by atoms with van der Waals surface area (Å²) in [6.07, 6.45) is 2.40. The van der Waals surface area contributed by atoms with Crippen molar-refractivity contribution >= 4 is 5.91 Å². The molecule has 6 heteroatoms. The molecule has 0 unspecified atom stereocenters. The van der Waals surface area contributed by atoms with Gasteiger partial charge in [0.1, 0.15) is 5.75 Å². The zero-order valence-corrected chi connectivity index (χ0v) is 11.9. The van der Waals surface area contributed by atoms with Gasteiger partial charge in [0.15, 0.2) is 5.69 Å². The van der Waals surface area contributed by atoms with Crippen molar-refractivity contribution in [1.82, 2.24) is 20.1 Å². The van der Waals surface area contributed by atoms with Crippen LogP contribution in [0.15, 0.2) is 18.3 Å². The number of pyridine rings is 1. The van der Waals surface area contributed by atoms with Crippen molar-refractivity contribution < 1.29 is 9.90 Å². The third-order valence-corrected chi connectivity index (χ3v) is 3.53. The first-order valence-corrected chi connectivity index (χ1v) is 7.00. The fourth-order valence-electron chi connectivity index (χ4n) is 2.23. The number of hydrogen-bond acceptors (Lipinski definition) is 5. The zero-order chi connectivity index (χ0) is 14.4. The molecule has 2 heterocycles. The van der Waals surface area contributed by atoms with Crippen LogP contribution in [0.5, 0.6) is 5.75 Å². The summed E-state index contributed by atoms with van der Waals surface area (Å²) in [5.74, 6) is -0.398. The van der Waals surface area contributed by atoms with Crippen LogP contribution in [-0.2, 0) is 0 Å². The Morgan fingerprint density at radius 1 is 1.40 bits per heavy atom. The minimum atomic E-state index is -0.318. The topological polar surface area (TPSA) is 68.7 Å². The molecule has 0 saturated carbocycles. The van der Waals surface area contributed by atoms with Crippen LogP contribution in [0.4, 0.5) is 0 Å². The molecule has 2 N–H and O–H groups in total. The SMILES string of the molecule is CN1CCN(CCCNC(=O)c2ncccc2O)CC1. The van der Waals surface area contributed by atoms with Crippen LogP contribution in [0.1, 0.15) is 16.9 Å². The molecule has 0 spiro atoms. The van der Waals surface area contributed by atoms with Crippen molar-refractivity contribution in [2.75, 3.05) is 46.3 Å². The molecule has 1 aromatic rings. The van der Waals surface area contributed by atoms with Crippen molar-refractivity contribution in [2.24, 2.45) is 0 Å². The number of carbonyl (C=O) groups is 1. The van der Waals surface area contributed by atoms with E-state index in [1.165, 1.54) is 12.3 Å². The quantitative estimate of drug-likeness (QED) is 0.751. The average Bonchev–Trinajstić information content (AvgIpc) is 2.46. The summed E-state index contributed by atoms with van der Waals surface area (Å²) in [5, 5.41) is 12.3. The molecule has 0 radical (unpaired) electrons. The fraction of sp³-hybridized carbons (Fsp3) is 0.571. The lowest BCUT2D eigenvalue weighted by Gasteiger charge is -2.32. The highest BCUT2D eigenvalue weighted by molar-refractivity contribution is 5.94. The van der Waals surface area contributed by atoms with Crippen molar-refractivity contribution in [1.29, 1.82) is 0 Å². The number of piperazine rings is 1. The first kappa shape index (κ1) is 14.7. The molecule has 1 aliphatic heterocycles. The average molecular weight is 278 g/mol. The van der Waals surface area contributed by atoms with Gasteiger partial charge in [-0.3, -0.25) is 4.79 Å². The summed E-state index contributed by atoms with van der Waals surface area (Å²) in [7, 11) is 2.14. The van der Waals surface area contributed by atoms with E-state index >= 15 is 0 Å². The molecular weight excluding hydrogens is 256 g/mol. The van der Waals surface area contributed by atoms with E-state index in [0.717, 1.165) is 39.1 Å². The van der Waals surface area contributed by atoms with Crippen molar-refractivity contribution in [3.8, 4) is 5.75 Å². The van der Waals surface area contributed by atoms with Crippen LogP contribution in [0.2, 0.25) is 0 Å². The predicted molar refractivity (Wildman–Crippen MR) is 76.8 cm³/mol. The van der Waals surface area contributed by atoms with Crippen molar-refractivity contribution in [3.63, 3.8) is 0 Å². The largest absolute Gasteiger partial charge is 0.505 e. The molecular formula is C14H22N4O2. The number of aromatic nitrogens is 1. The first-order valence-electron chi connectivity index (χ1n) is 7.00. The smallest absolute Gasteiger partial charge is 0.273 e. The van der Waals surface area contributed by atoms with E-state index in [2.05, 4.69) is 27.1 Å². The van der Waals surface area contributed by atoms with E-state index < -0.39 is 0 Å². The molecule has 0 bridgehead atoms. The molecule has 1 aliphatic rings. The molecule has 0 aromatic carbocycles. The van der Waals surface area contributed by atoms with Crippen molar-refractivity contribution in [3.05, 3.63) is 24.0 Å². The number of nitrogens with zero attached hydrogens (tertiary/aromatic N) is 3. The molecule has 6 nitrogen and oxygen atoms in total. The molecule has 20 heavy (non-hydrogen) atoms. The number of rotatable bonds is 5. The Hall–Kier alpha value is -1.66. The minimum absolute atomic E-state index is 0.0796. The Labute approximate surface area is 119 Å². The number of hydrogen-bond donors (Lipinski definition) is 2. The summed E-state index contributed by atoms with van der Waals surface area (Å²) in [5.41, 5.74) is 0.0899. The van der Waals surface area contributed by atoms with Crippen molar-refractivity contribution in [2.45, 2.75) is 6.42 Å². The maximum absolute atomic E-state index is 11.8. The Morgan fingerprint density at radius 3 is 2.85 bits per heavy atom. The van der Waals surface area contributed by atoms with Crippen LogP contribution in [0.25, 0.3) is 0 Å². The third-order valence-electron chi connectivity index (χ3n) is 3.53. The van der Waals surface area contributed by atoms with E-state index in [4.69, 9.17) is 0 Å². The van der Waals surface area contributed by atoms with Gasteiger partial charge in [-0.05, 0) is 32.1 Å². The van der Waals surface area contributed by atoms with Gasteiger partial charge in [0, 0.05) is 38.9 Å². The predicted octanol–water partition coefficient (Wildman–Crippen LogP) is 0.154. The molecule has 1 aromatic heterocycles. The lowest BCUT2D eigenvalue weighted by molar-refractivity contribution is 0.0941. The van der Waals surface area contributed by atoms with Gasteiger partial charge in [0.05, 0.1) is 0 Å². The Balaban J connectivity index is 1.66. The Bertz CT molecular complexity index is 445. The molecule has 0 atom stereocenters. The zero-order valence-electron chi connectivity index (χ0n) is 11.9. The summed E-state index contributed by atoms with van der Waals surface area (Å²) < 4.78 is 0. The van der Waals surface area contributed by atoms with E-state index in [-0.39, 0.29) is 17.4 Å². The van der Waals surface area contributed by atoms with E-state index in [0.29, 0.717) is 6.54 Å². The molecule has 1 saturated heterocycles. The third kappa shape index (κ3) is 4.18.